The van der Waals surface area contributed by atoms with Gasteiger partial charge in [0, 0.05) is 25.7 Å². The summed E-state index contributed by atoms with van der Waals surface area (Å²) in [6, 6.07) is 8.12. The molecule has 3 nitrogen and oxygen atoms in total. The molecule has 1 aromatic carbocycles. The summed E-state index contributed by atoms with van der Waals surface area (Å²) in [5, 5.41) is 3.42. The van der Waals surface area contributed by atoms with Gasteiger partial charge in [0.15, 0.2) is 0 Å². The first-order valence-electron chi connectivity index (χ1n) is 6.78. The smallest absolute Gasteiger partial charge is 0.253 e. The zero-order chi connectivity index (χ0) is 13.0. The number of hydrogen-bond acceptors (Lipinski definition) is 2. The van der Waals surface area contributed by atoms with E-state index in [1.54, 1.807) is 4.90 Å². The Morgan fingerprint density at radius 2 is 2.11 bits per heavy atom. The maximum atomic E-state index is 12.0. The monoisotopic (exact) mass is 246 g/mol. The van der Waals surface area contributed by atoms with E-state index in [1.807, 2.05) is 26.1 Å². The Balaban J connectivity index is 2.07. The molecule has 18 heavy (non-hydrogen) atoms. The molecule has 1 aliphatic heterocycles. The number of carbonyl (C=O) groups is 1. The maximum Gasteiger partial charge on any atom is 0.253 e. The predicted octanol–water partition coefficient (Wildman–Crippen LogP) is 2.25. The van der Waals surface area contributed by atoms with Gasteiger partial charge in [0.05, 0.1) is 0 Å². The zero-order valence-electron chi connectivity index (χ0n) is 11.3. The second-order valence-electron chi connectivity index (χ2n) is 4.98. The van der Waals surface area contributed by atoms with E-state index in [0.717, 1.165) is 25.2 Å². The van der Waals surface area contributed by atoms with Crippen molar-refractivity contribution in [1.82, 2.24) is 10.2 Å². The Labute approximate surface area is 109 Å². The third kappa shape index (κ3) is 2.91. The van der Waals surface area contributed by atoms with Crippen molar-refractivity contribution >= 4 is 5.91 Å². The van der Waals surface area contributed by atoms with E-state index >= 15 is 0 Å². The molecular formula is C15H22N2O. The van der Waals surface area contributed by atoms with Crippen LogP contribution >= 0.6 is 0 Å². The summed E-state index contributed by atoms with van der Waals surface area (Å²) in [5.74, 6) is 0.706. The predicted molar refractivity (Wildman–Crippen MR) is 73.9 cm³/mol. The van der Waals surface area contributed by atoms with Gasteiger partial charge in [-0.05, 0) is 49.9 Å². The molecule has 0 saturated carbocycles. The molecule has 3 heteroatoms. The van der Waals surface area contributed by atoms with Crippen molar-refractivity contribution in [1.29, 1.82) is 0 Å². The maximum absolute atomic E-state index is 12.0. The molecule has 0 spiro atoms. The fourth-order valence-electron chi connectivity index (χ4n) is 2.40. The lowest BCUT2D eigenvalue weighted by Crippen LogP contribution is -2.28. The van der Waals surface area contributed by atoms with E-state index in [2.05, 4.69) is 17.4 Å². The molecule has 0 bridgehead atoms. The molecule has 1 N–H and O–H groups in total. The van der Waals surface area contributed by atoms with E-state index in [0.29, 0.717) is 5.92 Å². The molecule has 0 radical (unpaired) electrons. The van der Waals surface area contributed by atoms with E-state index in [1.165, 1.54) is 18.4 Å². The fourth-order valence-corrected chi connectivity index (χ4v) is 2.40. The molecule has 1 amide bonds. The molecule has 98 valence electrons. The van der Waals surface area contributed by atoms with Crippen molar-refractivity contribution in [3.8, 4) is 0 Å². The number of hydrogen-bond donors (Lipinski definition) is 1. The molecular weight excluding hydrogens is 224 g/mol. The van der Waals surface area contributed by atoms with Crippen LogP contribution in [0, 0.1) is 0 Å². The SMILES string of the molecule is CCN(C)C(=O)c1ccc(C2CCCNC2)cc1. The summed E-state index contributed by atoms with van der Waals surface area (Å²) in [4.78, 5) is 13.7. The zero-order valence-corrected chi connectivity index (χ0v) is 11.3. The number of benzene rings is 1. The van der Waals surface area contributed by atoms with Gasteiger partial charge in [-0.1, -0.05) is 12.1 Å². The van der Waals surface area contributed by atoms with Crippen molar-refractivity contribution in [2.24, 2.45) is 0 Å². The van der Waals surface area contributed by atoms with Gasteiger partial charge in [-0.2, -0.15) is 0 Å². The van der Waals surface area contributed by atoms with E-state index in [9.17, 15) is 4.79 Å². The highest BCUT2D eigenvalue weighted by Gasteiger charge is 2.16. The van der Waals surface area contributed by atoms with Gasteiger partial charge in [-0.3, -0.25) is 4.79 Å². The van der Waals surface area contributed by atoms with Crippen molar-refractivity contribution in [2.45, 2.75) is 25.7 Å². The summed E-state index contributed by atoms with van der Waals surface area (Å²) >= 11 is 0. The summed E-state index contributed by atoms with van der Waals surface area (Å²) in [6.45, 7) is 4.92. The number of amides is 1. The van der Waals surface area contributed by atoms with E-state index in [4.69, 9.17) is 0 Å². The third-order valence-electron chi connectivity index (χ3n) is 3.75. The minimum atomic E-state index is 0.103. The van der Waals surface area contributed by atoms with Crippen molar-refractivity contribution in [3.05, 3.63) is 35.4 Å². The van der Waals surface area contributed by atoms with Gasteiger partial charge in [-0.15, -0.1) is 0 Å². The van der Waals surface area contributed by atoms with Gasteiger partial charge >= 0.3 is 0 Å². The van der Waals surface area contributed by atoms with Gasteiger partial charge < -0.3 is 10.2 Å². The van der Waals surface area contributed by atoms with Crippen LogP contribution in [-0.2, 0) is 0 Å². The van der Waals surface area contributed by atoms with Gasteiger partial charge in [-0.25, -0.2) is 0 Å². The first-order chi connectivity index (χ1) is 8.72. The second-order valence-corrected chi connectivity index (χ2v) is 4.98. The Kier molecular flexibility index (Phi) is 4.37. The van der Waals surface area contributed by atoms with Crippen LogP contribution in [0.2, 0.25) is 0 Å². The van der Waals surface area contributed by atoms with E-state index < -0.39 is 0 Å². The summed E-state index contributed by atoms with van der Waals surface area (Å²) in [6.07, 6.45) is 2.49. The summed E-state index contributed by atoms with van der Waals surface area (Å²) in [7, 11) is 1.83. The lowest BCUT2D eigenvalue weighted by molar-refractivity contribution is 0.0802. The van der Waals surface area contributed by atoms with Crippen LogP contribution in [0.25, 0.3) is 0 Å². The lowest BCUT2D eigenvalue weighted by atomic mass is 9.91. The molecule has 2 rings (SSSR count). The summed E-state index contributed by atoms with van der Waals surface area (Å²) in [5.41, 5.74) is 2.13. The van der Waals surface area contributed by atoms with Crippen molar-refractivity contribution in [3.63, 3.8) is 0 Å². The molecule has 1 atom stereocenters. The van der Waals surface area contributed by atoms with Crippen LogP contribution in [0.3, 0.4) is 0 Å². The molecule has 1 unspecified atom stereocenters. The fraction of sp³-hybridized carbons (Fsp3) is 0.533. The molecule has 1 aromatic rings. The minimum absolute atomic E-state index is 0.103. The minimum Gasteiger partial charge on any atom is -0.342 e. The van der Waals surface area contributed by atoms with E-state index in [-0.39, 0.29) is 5.91 Å². The average Bonchev–Trinajstić information content (AvgIpc) is 2.47. The molecule has 1 saturated heterocycles. The van der Waals surface area contributed by atoms with Gasteiger partial charge in [0.25, 0.3) is 5.91 Å². The summed E-state index contributed by atoms with van der Waals surface area (Å²) < 4.78 is 0. The average molecular weight is 246 g/mol. The highest BCUT2D eigenvalue weighted by Crippen LogP contribution is 2.23. The Bertz CT molecular complexity index is 393. The number of nitrogens with zero attached hydrogens (tertiary/aromatic N) is 1. The topological polar surface area (TPSA) is 32.3 Å². The quantitative estimate of drug-likeness (QED) is 0.887. The lowest BCUT2D eigenvalue weighted by Gasteiger charge is -2.23. The van der Waals surface area contributed by atoms with Crippen molar-refractivity contribution < 1.29 is 4.79 Å². The van der Waals surface area contributed by atoms with Crippen LogP contribution in [-0.4, -0.2) is 37.5 Å². The molecule has 0 aromatic heterocycles. The molecule has 1 heterocycles. The Morgan fingerprint density at radius 1 is 1.39 bits per heavy atom. The second kappa shape index (κ2) is 6.01. The van der Waals surface area contributed by atoms with Crippen LogP contribution < -0.4 is 5.32 Å². The van der Waals surface area contributed by atoms with Crippen LogP contribution in [0.5, 0.6) is 0 Å². The van der Waals surface area contributed by atoms with Crippen LogP contribution in [0.4, 0.5) is 0 Å². The van der Waals surface area contributed by atoms with Gasteiger partial charge in [0.1, 0.15) is 0 Å². The molecule has 0 aliphatic carbocycles. The number of nitrogens with one attached hydrogen (secondary N) is 1. The standard InChI is InChI=1S/C15H22N2O/c1-3-17(2)15(18)13-8-6-12(7-9-13)14-5-4-10-16-11-14/h6-9,14,16H,3-5,10-11H2,1-2H3. The van der Waals surface area contributed by atoms with Crippen LogP contribution in [0.15, 0.2) is 24.3 Å². The number of carbonyl (C=O) groups excluding carboxylic acids is 1. The largest absolute Gasteiger partial charge is 0.342 e. The molecule has 1 aliphatic rings. The first kappa shape index (κ1) is 13.1. The Hall–Kier alpha value is -1.35. The molecule has 1 fully saturated rings. The number of rotatable bonds is 3. The highest BCUT2D eigenvalue weighted by molar-refractivity contribution is 5.94. The van der Waals surface area contributed by atoms with Gasteiger partial charge in [0.2, 0.25) is 0 Å². The normalized spacial score (nSPS) is 19.6. The third-order valence-corrected chi connectivity index (χ3v) is 3.75. The highest BCUT2D eigenvalue weighted by atomic mass is 16.2. The van der Waals surface area contributed by atoms with Crippen LogP contribution in [0.1, 0.15) is 41.6 Å². The number of piperidine rings is 1. The Morgan fingerprint density at radius 3 is 2.67 bits per heavy atom. The van der Waals surface area contributed by atoms with Crippen molar-refractivity contribution in [2.75, 3.05) is 26.7 Å². The first-order valence-corrected chi connectivity index (χ1v) is 6.78.